The monoisotopic (exact) mass is 357 g/mol. The third-order valence-corrected chi connectivity index (χ3v) is 5.31. The Kier molecular flexibility index (Phi) is 4.76. The molecular formula is C18H15NO5S. The quantitative estimate of drug-likeness (QED) is 0.874. The van der Waals surface area contributed by atoms with Gasteiger partial charge in [-0.15, -0.1) is 11.8 Å². The van der Waals surface area contributed by atoms with Crippen LogP contribution in [0.2, 0.25) is 0 Å². The van der Waals surface area contributed by atoms with Crippen molar-refractivity contribution in [3.63, 3.8) is 0 Å². The van der Waals surface area contributed by atoms with E-state index in [1.807, 2.05) is 0 Å². The number of carbonyl (C=O) groups excluding carboxylic acids is 1. The number of carboxylic acids is 2. The molecule has 7 heteroatoms. The second-order valence-corrected chi connectivity index (χ2v) is 6.66. The Morgan fingerprint density at radius 2 is 1.56 bits per heavy atom. The molecular weight excluding hydrogens is 342 g/mol. The van der Waals surface area contributed by atoms with Crippen LogP contribution in [0.5, 0.6) is 0 Å². The van der Waals surface area contributed by atoms with Crippen molar-refractivity contribution >= 4 is 29.6 Å². The predicted octanol–water partition coefficient (Wildman–Crippen LogP) is 2.73. The zero-order chi connectivity index (χ0) is 18.0. The Balaban J connectivity index is 1.95. The summed E-state index contributed by atoms with van der Waals surface area (Å²) in [5.74, 6) is -2.17. The molecule has 3 rings (SSSR count). The number of carboxylic acid groups (broad SMARTS) is 2. The van der Waals surface area contributed by atoms with Crippen LogP contribution in [0.4, 0.5) is 0 Å². The summed E-state index contributed by atoms with van der Waals surface area (Å²) in [5, 5.41) is 18.0. The Labute approximate surface area is 148 Å². The molecule has 25 heavy (non-hydrogen) atoms. The van der Waals surface area contributed by atoms with Crippen LogP contribution in [0.1, 0.15) is 31.7 Å². The lowest BCUT2D eigenvalue weighted by molar-refractivity contribution is -0.141. The molecule has 2 atom stereocenters. The summed E-state index contributed by atoms with van der Waals surface area (Å²) >= 11 is 1.35. The van der Waals surface area contributed by atoms with Crippen molar-refractivity contribution < 1.29 is 24.6 Å². The largest absolute Gasteiger partial charge is 0.480 e. The number of thioether (sulfide) groups is 1. The molecule has 0 saturated carbocycles. The van der Waals surface area contributed by atoms with Gasteiger partial charge in [-0.1, -0.05) is 30.3 Å². The van der Waals surface area contributed by atoms with E-state index in [1.54, 1.807) is 42.5 Å². The molecule has 2 N–H and O–H groups in total. The molecule has 2 aromatic rings. The number of hydrogen-bond acceptors (Lipinski definition) is 4. The number of hydrogen-bond donors (Lipinski definition) is 2. The van der Waals surface area contributed by atoms with Crippen molar-refractivity contribution in [2.75, 3.05) is 5.75 Å². The molecule has 1 aliphatic rings. The van der Waals surface area contributed by atoms with Gasteiger partial charge in [0.1, 0.15) is 11.4 Å². The van der Waals surface area contributed by atoms with E-state index in [0.29, 0.717) is 11.1 Å². The van der Waals surface area contributed by atoms with Gasteiger partial charge in [0.15, 0.2) is 0 Å². The first kappa shape index (κ1) is 17.0. The minimum absolute atomic E-state index is 0.141. The summed E-state index contributed by atoms with van der Waals surface area (Å²) in [5.41, 5.74) is 1.26. The SMILES string of the molecule is O=C(O)c1ccc(C2SC[C@@H](C(=O)O)N2C(=O)c2ccccc2)cc1. The fourth-order valence-corrected chi connectivity index (χ4v) is 4.14. The van der Waals surface area contributed by atoms with Crippen molar-refractivity contribution in [1.82, 2.24) is 4.90 Å². The zero-order valence-electron chi connectivity index (χ0n) is 13.0. The highest BCUT2D eigenvalue weighted by Gasteiger charge is 2.42. The van der Waals surface area contributed by atoms with Crippen LogP contribution in [-0.2, 0) is 4.79 Å². The van der Waals surface area contributed by atoms with Crippen LogP contribution in [0.15, 0.2) is 54.6 Å². The van der Waals surface area contributed by atoms with Gasteiger partial charge in [-0.3, -0.25) is 4.79 Å². The topological polar surface area (TPSA) is 94.9 Å². The van der Waals surface area contributed by atoms with Gasteiger partial charge < -0.3 is 15.1 Å². The first-order valence-corrected chi connectivity index (χ1v) is 8.59. The average molecular weight is 357 g/mol. The highest BCUT2D eigenvalue weighted by molar-refractivity contribution is 7.99. The van der Waals surface area contributed by atoms with E-state index in [9.17, 15) is 19.5 Å². The molecule has 128 valence electrons. The zero-order valence-corrected chi connectivity index (χ0v) is 13.8. The van der Waals surface area contributed by atoms with E-state index in [4.69, 9.17) is 5.11 Å². The average Bonchev–Trinajstić information content (AvgIpc) is 3.07. The summed E-state index contributed by atoms with van der Waals surface area (Å²) in [6.07, 6.45) is 0. The standard InChI is InChI=1S/C18H15NO5S/c20-15(11-4-2-1-3-5-11)19-14(18(23)24)10-25-16(19)12-6-8-13(9-7-12)17(21)22/h1-9,14,16H,10H2,(H,21,22)(H,23,24)/t14-,16?/m0/s1. The van der Waals surface area contributed by atoms with Gasteiger partial charge in [0.25, 0.3) is 5.91 Å². The van der Waals surface area contributed by atoms with E-state index < -0.39 is 23.4 Å². The van der Waals surface area contributed by atoms with E-state index in [1.165, 1.54) is 28.8 Å². The first-order chi connectivity index (χ1) is 12.0. The summed E-state index contributed by atoms with van der Waals surface area (Å²) in [4.78, 5) is 36.8. The molecule has 1 amide bonds. The van der Waals surface area contributed by atoms with Crippen LogP contribution in [0.25, 0.3) is 0 Å². The maximum Gasteiger partial charge on any atom is 0.335 e. The van der Waals surface area contributed by atoms with Gasteiger partial charge >= 0.3 is 11.9 Å². The predicted molar refractivity (Wildman–Crippen MR) is 92.6 cm³/mol. The molecule has 0 aromatic heterocycles. The summed E-state index contributed by atoms with van der Waals surface area (Å²) in [6.45, 7) is 0. The number of rotatable bonds is 4. The van der Waals surface area contributed by atoms with Gasteiger partial charge in [-0.2, -0.15) is 0 Å². The number of amides is 1. The van der Waals surface area contributed by atoms with Gasteiger partial charge in [0, 0.05) is 11.3 Å². The van der Waals surface area contributed by atoms with Crippen LogP contribution in [-0.4, -0.2) is 44.8 Å². The lowest BCUT2D eigenvalue weighted by Gasteiger charge is -2.27. The highest BCUT2D eigenvalue weighted by Crippen LogP contribution is 2.42. The fraction of sp³-hybridized carbons (Fsp3) is 0.167. The number of carbonyl (C=O) groups is 3. The molecule has 0 aliphatic carbocycles. The van der Waals surface area contributed by atoms with Crippen molar-refractivity contribution in [3.05, 3.63) is 71.3 Å². The minimum atomic E-state index is -1.05. The Morgan fingerprint density at radius 1 is 0.920 bits per heavy atom. The fourth-order valence-electron chi connectivity index (χ4n) is 2.72. The number of aliphatic carboxylic acids is 1. The number of aromatic carboxylic acids is 1. The van der Waals surface area contributed by atoms with E-state index in [2.05, 4.69) is 0 Å². The van der Waals surface area contributed by atoms with Crippen LogP contribution in [0, 0.1) is 0 Å². The number of nitrogens with zero attached hydrogens (tertiary/aromatic N) is 1. The molecule has 1 aliphatic heterocycles. The van der Waals surface area contributed by atoms with Crippen LogP contribution in [0.3, 0.4) is 0 Å². The molecule has 6 nitrogen and oxygen atoms in total. The summed E-state index contributed by atoms with van der Waals surface area (Å²) < 4.78 is 0. The molecule has 2 aromatic carbocycles. The maximum absolute atomic E-state index is 12.9. The normalized spacial score (nSPS) is 19.6. The molecule has 0 spiro atoms. The van der Waals surface area contributed by atoms with Crippen molar-refractivity contribution in [2.24, 2.45) is 0 Å². The van der Waals surface area contributed by atoms with Crippen LogP contribution >= 0.6 is 11.8 Å². The molecule has 1 unspecified atom stereocenters. The van der Waals surface area contributed by atoms with Crippen molar-refractivity contribution in [2.45, 2.75) is 11.4 Å². The Morgan fingerprint density at radius 3 is 2.12 bits per heavy atom. The lowest BCUT2D eigenvalue weighted by atomic mass is 10.1. The van der Waals surface area contributed by atoms with Crippen LogP contribution < -0.4 is 0 Å². The molecule has 1 heterocycles. The molecule has 1 fully saturated rings. The van der Waals surface area contributed by atoms with Gasteiger partial charge in [0.05, 0.1) is 5.56 Å². The molecule has 0 bridgehead atoms. The maximum atomic E-state index is 12.9. The first-order valence-electron chi connectivity index (χ1n) is 7.54. The van der Waals surface area contributed by atoms with Gasteiger partial charge in [0.2, 0.25) is 0 Å². The Hall–Kier alpha value is -2.80. The second-order valence-electron chi connectivity index (χ2n) is 5.55. The van der Waals surface area contributed by atoms with Crippen molar-refractivity contribution in [3.8, 4) is 0 Å². The van der Waals surface area contributed by atoms with E-state index in [-0.39, 0.29) is 17.2 Å². The third kappa shape index (κ3) is 3.36. The number of benzene rings is 2. The van der Waals surface area contributed by atoms with E-state index >= 15 is 0 Å². The minimum Gasteiger partial charge on any atom is -0.480 e. The van der Waals surface area contributed by atoms with Gasteiger partial charge in [-0.25, -0.2) is 9.59 Å². The Bertz CT molecular complexity index is 806. The van der Waals surface area contributed by atoms with Crippen molar-refractivity contribution in [1.29, 1.82) is 0 Å². The molecule has 0 radical (unpaired) electrons. The summed E-state index contributed by atoms with van der Waals surface area (Å²) in [6, 6.07) is 13.8. The lowest BCUT2D eigenvalue weighted by Crippen LogP contribution is -2.42. The van der Waals surface area contributed by atoms with E-state index in [0.717, 1.165) is 0 Å². The molecule has 1 saturated heterocycles. The summed E-state index contributed by atoms with van der Waals surface area (Å²) in [7, 11) is 0. The second kappa shape index (κ2) is 6.98. The highest BCUT2D eigenvalue weighted by atomic mass is 32.2. The van der Waals surface area contributed by atoms with Gasteiger partial charge in [-0.05, 0) is 29.8 Å². The third-order valence-electron chi connectivity index (χ3n) is 3.98. The smallest absolute Gasteiger partial charge is 0.335 e.